The molecule has 1 fully saturated rings. The maximum atomic E-state index is 15.5. The molecule has 0 saturated carbocycles. The summed E-state index contributed by atoms with van der Waals surface area (Å²) in [5, 5.41) is 17.5. The number of nitrogens with zero attached hydrogens (tertiary/aromatic N) is 1. The van der Waals surface area contributed by atoms with Gasteiger partial charge in [0.05, 0.1) is 11.1 Å². The van der Waals surface area contributed by atoms with E-state index in [4.69, 9.17) is 15.9 Å². The van der Waals surface area contributed by atoms with Gasteiger partial charge in [0, 0.05) is 64.5 Å². The zero-order valence-corrected chi connectivity index (χ0v) is 19.0. The van der Waals surface area contributed by atoms with Crippen LogP contribution in [-0.2, 0) is 4.74 Å². The van der Waals surface area contributed by atoms with Crippen molar-refractivity contribution in [1.82, 2.24) is 4.57 Å². The average molecular weight is 493 g/mol. The summed E-state index contributed by atoms with van der Waals surface area (Å²) in [5.74, 6) is -4.86. The molecule has 6 nitrogen and oxygen atoms in total. The first-order valence-electron chi connectivity index (χ1n) is 11.4. The van der Waals surface area contributed by atoms with Crippen LogP contribution in [0.2, 0.25) is 0 Å². The van der Waals surface area contributed by atoms with E-state index in [0.29, 0.717) is 59.5 Å². The molecule has 0 bridgehead atoms. The van der Waals surface area contributed by atoms with Crippen LogP contribution in [0.5, 0.6) is 0 Å². The van der Waals surface area contributed by atoms with Crippen molar-refractivity contribution in [3.63, 3.8) is 0 Å². The molecular weight excluding hydrogens is 471 g/mol. The van der Waals surface area contributed by atoms with E-state index in [0.717, 1.165) is 12.3 Å². The number of benzene rings is 3. The third-order valence-corrected chi connectivity index (χ3v) is 6.64. The van der Waals surface area contributed by atoms with Crippen LogP contribution in [-0.4, -0.2) is 35.1 Å². The summed E-state index contributed by atoms with van der Waals surface area (Å²) in [6.45, 7) is 0.940. The van der Waals surface area contributed by atoms with Crippen molar-refractivity contribution in [3.8, 4) is 16.8 Å². The fourth-order valence-electron chi connectivity index (χ4n) is 4.93. The fourth-order valence-corrected chi connectivity index (χ4v) is 4.93. The second kappa shape index (κ2) is 9.16. The highest BCUT2D eigenvalue weighted by Gasteiger charge is 2.31. The Balaban J connectivity index is 1.93. The molecule has 36 heavy (non-hydrogen) atoms. The zero-order chi connectivity index (χ0) is 25.6. The Morgan fingerprint density at radius 1 is 1.06 bits per heavy atom. The van der Waals surface area contributed by atoms with E-state index < -0.39 is 29.0 Å². The van der Waals surface area contributed by atoms with E-state index in [2.05, 4.69) is 0 Å². The number of carboxylic acids is 1. The van der Waals surface area contributed by atoms with E-state index in [1.54, 1.807) is 24.3 Å². The van der Waals surface area contributed by atoms with E-state index in [1.807, 2.05) is 4.57 Å². The lowest BCUT2D eigenvalue weighted by molar-refractivity contribution is 0.0690. The highest BCUT2D eigenvalue weighted by atomic mass is 19.2. The van der Waals surface area contributed by atoms with Gasteiger partial charge in [-0.2, -0.15) is 0 Å². The Hall–Kier alpha value is -4.11. The molecule has 0 aliphatic carbocycles. The summed E-state index contributed by atoms with van der Waals surface area (Å²) < 4.78 is 51.6. The zero-order valence-electron chi connectivity index (χ0n) is 19.0. The Morgan fingerprint density at radius 3 is 2.39 bits per heavy atom. The standard InChI is InChI=1S/C27H22F3N3O3/c28-16-1-3-17(4-2-16)33-22-11-15(13-31)21(32)12-20(22)23(26(33)14-7-9-36-10-8-14)18-5-6-19(27(34)35)25(30)24(18)29/h1-6,11-14,31H,7-10,32H2,(H,34,35). The molecule has 1 saturated heterocycles. The summed E-state index contributed by atoms with van der Waals surface area (Å²) in [4.78, 5) is 11.4. The molecule has 9 heteroatoms. The van der Waals surface area contributed by atoms with Gasteiger partial charge in [-0.3, -0.25) is 0 Å². The first-order valence-corrected chi connectivity index (χ1v) is 11.4. The molecule has 1 aliphatic rings. The lowest BCUT2D eigenvalue weighted by Gasteiger charge is -2.26. The maximum Gasteiger partial charge on any atom is 0.338 e. The van der Waals surface area contributed by atoms with Crippen molar-refractivity contribution in [1.29, 1.82) is 5.41 Å². The van der Waals surface area contributed by atoms with E-state index in [9.17, 15) is 18.7 Å². The minimum Gasteiger partial charge on any atom is -0.478 e. The summed E-state index contributed by atoms with van der Waals surface area (Å²) in [5.41, 5.74) is 8.23. The third kappa shape index (κ3) is 3.81. The van der Waals surface area contributed by atoms with Gasteiger partial charge < -0.3 is 25.6 Å². The second-order valence-corrected chi connectivity index (χ2v) is 8.70. The largest absolute Gasteiger partial charge is 0.478 e. The van der Waals surface area contributed by atoms with E-state index in [-0.39, 0.29) is 17.2 Å². The van der Waals surface area contributed by atoms with Crippen LogP contribution in [0, 0.1) is 22.9 Å². The Bertz CT molecular complexity index is 1510. The lowest BCUT2D eigenvalue weighted by Crippen LogP contribution is -2.18. The number of hydrogen-bond acceptors (Lipinski definition) is 4. The van der Waals surface area contributed by atoms with E-state index >= 15 is 4.39 Å². The van der Waals surface area contributed by atoms with Gasteiger partial charge >= 0.3 is 5.97 Å². The lowest BCUT2D eigenvalue weighted by atomic mass is 9.89. The molecule has 4 N–H and O–H groups in total. The molecule has 0 unspecified atom stereocenters. The minimum absolute atomic E-state index is 0.105. The molecule has 184 valence electrons. The SMILES string of the molecule is N=Cc1cc2c(cc1N)c(-c1ccc(C(=O)O)c(F)c1F)c(C1CCOCC1)n2-c1ccc(F)cc1. The summed E-state index contributed by atoms with van der Waals surface area (Å²) in [6, 6.07) is 11.4. The van der Waals surface area contributed by atoms with Crippen molar-refractivity contribution >= 4 is 28.8 Å². The number of rotatable bonds is 5. The van der Waals surface area contributed by atoms with Crippen LogP contribution in [0.4, 0.5) is 18.9 Å². The van der Waals surface area contributed by atoms with Gasteiger partial charge in [-0.1, -0.05) is 6.07 Å². The van der Waals surface area contributed by atoms with Crippen molar-refractivity contribution in [3.05, 3.63) is 82.8 Å². The number of nitrogen functional groups attached to an aromatic ring is 1. The maximum absolute atomic E-state index is 15.5. The van der Waals surface area contributed by atoms with E-state index in [1.165, 1.54) is 18.2 Å². The molecule has 0 amide bonds. The number of nitrogens with two attached hydrogens (primary N) is 1. The molecule has 3 aromatic carbocycles. The van der Waals surface area contributed by atoms with Crippen LogP contribution in [0.3, 0.4) is 0 Å². The first kappa shape index (κ1) is 23.6. The van der Waals surface area contributed by atoms with Crippen molar-refractivity contribution in [2.24, 2.45) is 0 Å². The number of halogens is 3. The number of anilines is 1. The van der Waals surface area contributed by atoms with Crippen LogP contribution >= 0.6 is 0 Å². The molecule has 2 heterocycles. The number of aromatic nitrogens is 1. The van der Waals surface area contributed by atoms with Crippen LogP contribution in [0.15, 0.2) is 48.5 Å². The van der Waals surface area contributed by atoms with Crippen LogP contribution < -0.4 is 5.73 Å². The molecule has 1 aromatic heterocycles. The van der Waals surface area contributed by atoms with Crippen molar-refractivity contribution < 1.29 is 27.8 Å². The molecule has 0 atom stereocenters. The van der Waals surface area contributed by atoms with Gasteiger partial charge in [0.25, 0.3) is 0 Å². The van der Waals surface area contributed by atoms with Crippen molar-refractivity contribution in [2.45, 2.75) is 18.8 Å². The number of hydrogen-bond donors (Lipinski definition) is 3. The number of fused-ring (bicyclic) bond motifs is 1. The van der Waals surface area contributed by atoms with Gasteiger partial charge in [0.1, 0.15) is 5.82 Å². The molecule has 0 spiro atoms. The highest BCUT2D eigenvalue weighted by Crippen LogP contribution is 2.45. The Morgan fingerprint density at radius 2 is 1.75 bits per heavy atom. The number of aromatic carboxylic acids is 1. The van der Waals surface area contributed by atoms with Gasteiger partial charge in [0.2, 0.25) is 0 Å². The van der Waals surface area contributed by atoms with Crippen molar-refractivity contribution in [2.75, 3.05) is 18.9 Å². The normalized spacial score (nSPS) is 14.3. The molecule has 4 aromatic rings. The predicted octanol–water partition coefficient (Wildman–Crippen LogP) is 5.89. The number of ether oxygens (including phenoxy) is 1. The first-order chi connectivity index (χ1) is 17.3. The average Bonchev–Trinajstić information content (AvgIpc) is 3.19. The number of carboxylic acid groups (broad SMARTS) is 1. The quantitative estimate of drug-likeness (QED) is 0.238. The highest BCUT2D eigenvalue weighted by molar-refractivity contribution is 6.05. The summed E-state index contributed by atoms with van der Waals surface area (Å²) >= 11 is 0. The minimum atomic E-state index is -1.57. The van der Waals surface area contributed by atoms with Gasteiger partial charge in [-0.15, -0.1) is 0 Å². The summed E-state index contributed by atoms with van der Waals surface area (Å²) in [7, 11) is 0. The molecule has 5 rings (SSSR count). The smallest absolute Gasteiger partial charge is 0.338 e. The molecule has 0 radical (unpaired) electrons. The van der Waals surface area contributed by atoms with Gasteiger partial charge in [-0.25, -0.2) is 18.0 Å². The van der Waals surface area contributed by atoms with Gasteiger partial charge in [0.15, 0.2) is 11.6 Å². The van der Waals surface area contributed by atoms with Gasteiger partial charge in [-0.05, 0) is 55.3 Å². The monoisotopic (exact) mass is 493 g/mol. The Labute approximate surface area is 204 Å². The molecule has 1 aliphatic heterocycles. The predicted molar refractivity (Wildman–Crippen MR) is 131 cm³/mol. The fraction of sp³-hybridized carbons (Fsp3) is 0.185. The number of nitrogens with one attached hydrogen (secondary N) is 1. The second-order valence-electron chi connectivity index (χ2n) is 8.70. The topological polar surface area (TPSA) is 101 Å². The third-order valence-electron chi connectivity index (χ3n) is 6.64. The van der Waals surface area contributed by atoms with Crippen LogP contribution in [0.25, 0.3) is 27.7 Å². The summed E-state index contributed by atoms with van der Waals surface area (Å²) in [6.07, 6.45) is 2.32. The molecular formula is C27H22F3N3O3. The number of carbonyl (C=O) groups is 1. The Kier molecular flexibility index (Phi) is 6.01. The van der Waals surface area contributed by atoms with Crippen LogP contribution in [0.1, 0.15) is 40.4 Å².